The molecule has 4 amide bonds. The average Bonchev–Trinajstić information content (AvgIpc) is 2.62. The smallest absolute Gasteiger partial charge is 0.335 e. The van der Waals surface area contributed by atoms with Crippen LogP contribution in [0.2, 0.25) is 15.1 Å². The molecule has 1 saturated heterocycles. The van der Waals surface area contributed by atoms with Gasteiger partial charge in [0.1, 0.15) is 11.3 Å². The molecule has 0 saturated carbocycles. The summed E-state index contributed by atoms with van der Waals surface area (Å²) in [5.41, 5.74) is 0.353. The number of anilines is 1. The van der Waals surface area contributed by atoms with E-state index in [1.54, 1.807) is 18.2 Å². The van der Waals surface area contributed by atoms with E-state index in [4.69, 9.17) is 39.5 Å². The second-order valence-corrected chi connectivity index (χ2v) is 6.93. The molecule has 3 rings (SSSR count). The van der Waals surface area contributed by atoms with Crippen molar-refractivity contribution in [1.82, 2.24) is 5.32 Å². The quantitative estimate of drug-likeness (QED) is 0.553. The Morgan fingerprint density at radius 1 is 1.04 bits per heavy atom. The number of nitrogens with zero attached hydrogens (tertiary/aromatic N) is 1. The molecule has 1 aliphatic rings. The van der Waals surface area contributed by atoms with Crippen LogP contribution in [0.15, 0.2) is 42.0 Å². The average molecular weight is 440 g/mol. The van der Waals surface area contributed by atoms with E-state index in [0.717, 1.165) is 4.90 Å². The summed E-state index contributed by atoms with van der Waals surface area (Å²) < 4.78 is 5.36. The Morgan fingerprint density at radius 2 is 1.79 bits per heavy atom. The zero-order valence-electron chi connectivity index (χ0n) is 14.5. The van der Waals surface area contributed by atoms with E-state index in [1.165, 1.54) is 24.3 Å². The van der Waals surface area contributed by atoms with Gasteiger partial charge in [0.15, 0.2) is 0 Å². The molecule has 1 aliphatic heterocycles. The van der Waals surface area contributed by atoms with Gasteiger partial charge in [-0.2, -0.15) is 0 Å². The van der Waals surface area contributed by atoms with Gasteiger partial charge < -0.3 is 4.74 Å². The number of barbiturate groups is 1. The van der Waals surface area contributed by atoms with Crippen LogP contribution in [0, 0.1) is 0 Å². The Hall–Kier alpha value is -2.54. The molecular weight excluding hydrogens is 427 g/mol. The highest BCUT2D eigenvalue weighted by molar-refractivity contribution is 6.42. The second kappa shape index (κ2) is 8.22. The lowest BCUT2D eigenvalue weighted by Crippen LogP contribution is -2.54. The summed E-state index contributed by atoms with van der Waals surface area (Å²) in [5.74, 6) is -1.15. The number of ether oxygens (including phenoxy) is 1. The molecule has 6 nitrogen and oxygen atoms in total. The number of benzene rings is 2. The lowest BCUT2D eigenvalue weighted by Gasteiger charge is -2.27. The van der Waals surface area contributed by atoms with Crippen LogP contribution < -0.4 is 15.0 Å². The van der Waals surface area contributed by atoms with Gasteiger partial charge in [0, 0.05) is 5.02 Å². The van der Waals surface area contributed by atoms with E-state index < -0.39 is 17.8 Å². The number of carbonyl (C=O) groups is 3. The van der Waals surface area contributed by atoms with E-state index >= 15 is 0 Å². The number of imide groups is 2. The van der Waals surface area contributed by atoms with Crippen LogP contribution >= 0.6 is 34.8 Å². The molecule has 9 heteroatoms. The predicted molar refractivity (Wildman–Crippen MR) is 108 cm³/mol. The first-order valence-corrected chi connectivity index (χ1v) is 9.24. The molecule has 2 aromatic carbocycles. The number of rotatable bonds is 4. The van der Waals surface area contributed by atoms with Crippen LogP contribution in [0.4, 0.5) is 10.5 Å². The fourth-order valence-corrected chi connectivity index (χ4v) is 3.32. The Morgan fingerprint density at radius 3 is 2.43 bits per heavy atom. The van der Waals surface area contributed by atoms with Crippen molar-refractivity contribution in [1.29, 1.82) is 0 Å². The van der Waals surface area contributed by atoms with Gasteiger partial charge in [-0.3, -0.25) is 14.9 Å². The molecule has 0 unspecified atom stereocenters. The van der Waals surface area contributed by atoms with Crippen molar-refractivity contribution >= 4 is 64.4 Å². The first kappa shape index (κ1) is 20.2. The second-order valence-electron chi connectivity index (χ2n) is 5.68. The number of carbonyl (C=O) groups excluding carboxylic acids is 3. The lowest BCUT2D eigenvalue weighted by atomic mass is 10.1. The van der Waals surface area contributed by atoms with E-state index in [1.807, 2.05) is 6.92 Å². The molecule has 0 aliphatic carbocycles. The van der Waals surface area contributed by atoms with E-state index in [-0.39, 0.29) is 16.3 Å². The monoisotopic (exact) mass is 438 g/mol. The summed E-state index contributed by atoms with van der Waals surface area (Å²) >= 11 is 18.1. The van der Waals surface area contributed by atoms with Crippen molar-refractivity contribution in [2.75, 3.05) is 11.5 Å². The van der Waals surface area contributed by atoms with Gasteiger partial charge in [-0.1, -0.05) is 40.9 Å². The largest absolute Gasteiger partial charge is 0.492 e. The van der Waals surface area contributed by atoms with Crippen LogP contribution in [0.3, 0.4) is 0 Å². The third-order valence-corrected chi connectivity index (χ3v) is 4.65. The van der Waals surface area contributed by atoms with Crippen molar-refractivity contribution in [3.63, 3.8) is 0 Å². The highest BCUT2D eigenvalue weighted by atomic mass is 35.5. The number of amides is 4. The lowest BCUT2D eigenvalue weighted by molar-refractivity contribution is -0.122. The van der Waals surface area contributed by atoms with Gasteiger partial charge in [0.25, 0.3) is 11.8 Å². The number of hydrogen-bond donors (Lipinski definition) is 1. The van der Waals surface area contributed by atoms with Crippen molar-refractivity contribution < 1.29 is 19.1 Å². The maximum atomic E-state index is 12.9. The maximum Gasteiger partial charge on any atom is 0.335 e. The minimum absolute atomic E-state index is 0.0915. The van der Waals surface area contributed by atoms with Gasteiger partial charge in [-0.05, 0) is 48.9 Å². The predicted octanol–water partition coefficient (Wildman–Crippen LogP) is 4.71. The molecule has 0 spiro atoms. The summed E-state index contributed by atoms with van der Waals surface area (Å²) in [6, 6.07) is 8.21. The molecule has 2 aromatic rings. The fraction of sp³-hybridized carbons (Fsp3) is 0.105. The highest BCUT2D eigenvalue weighted by Crippen LogP contribution is 2.32. The van der Waals surface area contributed by atoms with Gasteiger partial charge in [0.05, 0.1) is 22.3 Å². The normalized spacial score (nSPS) is 15.8. The van der Waals surface area contributed by atoms with E-state index in [0.29, 0.717) is 28.0 Å². The third kappa shape index (κ3) is 3.99. The number of halogens is 3. The molecule has 0 radical (unpaired) electrons. The first-order chi connectivity index (χ1) is 13.3. The molecule has 28 heavy (non-hydrogen) atoms. The molecule has 144 valence electrons. The van der Waals surface area contributed by atoms with E-state index in [9.17, 15) is 14.4 Å². The summed E-state index contributed by atoms with van der Waals surface area (Å²) in [6.45, 7) is 2.27. The summed E-state index contributed by atoms with van der Waals surface area (Å²) in [7, 11) is 0. The van der Waals surface area contributed by atoms with Crippen LogP contribution in [-0.2, 0) is 9.59 Å². The zero-order chi connectivity index (χ0) is 20.4. The number of nitrogens with one attached hydrogen (secondary N) is 1. The van der Waals surface area contributed by atoms with Gasteiger partial charge >= 0.3 is 6.03 Å². The van der Waals surface area contributed by atoms with Crippen LogP contribution in [-0.4, -0.2) is 24.5 Å². The van der Waals surface area contributed by atoms with Gasteiger partial charge in [0.2, 0.25) is 0 Å². The Labute approximate surface area is 175 Å². The van der Waals surface area contributed by atoms with Gasteiger partial charge in [-0.15, -0.1) is 0 Å². The molecule has 0 atom stereocenters. The summed E-state index contributed by atoms with van der Waals surface area (Å²) in [5, 5.41) is 2.89. The number of hydrogen-bond acceptors (Lipinski definition) is 4. The van der Waals surface area contributed by atoms with Crippen molar-refractivity contribution in [3.05, 3.63) is 62.6 Å². The molecular formula is C19H13Cl3N2O4. The third-order valence-electron chi connectivity index (χ3n) is 3.82. The van der Waals surface area contributed by atoms with Crippen molar-refractivity contribution in [3.8, 4) is 5.75 Å². The first-order valence-electron chi connectivity index (χ1n) is 8.10. The molecule has 1 heterocycles. The molecule has 1 N–H and O–H groups in total. The van der Waals surface area contributed by atoms with Crippen molar-refractivity contribution in [2.24, 2.45) is 0 Å². The Bertz CT molecular complexity index is 1020. The molecule has 0 aromatic heterocycles. The van der Waals surface area contributed by atoms with Crippen LogP contribution in [0.5, 0.6) is 5.75 Å². The highest BCUT2D eigenvalue weighted by Gasteiger charge is 2.37. The maximum absolute atomic E-state index is 12.9. The standard InChI is InChI=1S/C19H13Cl3N2O4/c1-2-28-16-6-3-10(8-14(16)22)7-12-17(25)23-19(27)24(18(12)26)15-5-4-11(20)9-13(15)21/h3-9H,2H2,1H3,(H,23,25,27)/b12-7+. The van der Waals surface area contributed by atoms with Gasteiger partial charge in [-0.25, -0.2) is 9.69 Å². The minimum atomic E-state index is -0.902. The summed E-state index contributed by atoms with van der Waals surface area (Å²) in [4.78, 5) is 38.1. The summed E-state index contributed by atoms with van der Waals surface area (Å²) in [6.07, 6.45) is 1.34. The SMILES string of the molecule is CCOc1ccc(/C=C2\C(=O)NC(=O)N(c3ccc(Cl)cc3Cl)C2=O)cc1Cl. The topological polar surface area (TPSA) is 75.7 Å². The Kier molecular flexibility index (Phi) is 5.93. The minimum Gasteiger partial charge on any atom is -0.492 e. The van der Waals surface area contributed by atoms with E-state index in [2.05, 4.69) is 5.32 Å². The number of urea groups is 1. The Balaban J connectivity index is 2.00. The van der Waals surface area contributed by atoms with Crippen LogP contribution in [0.1, 0.15) is 12.5 Å². The molecule has 0 bridgehead atoms. The van der Waals surface area contributed by atoms with Crippen molar-refractivity contribution in [2.45, 2.75) is 6.92 Å². The van der Waals surface area contributed by atoms with Crippen LogP contribution in [0.25, 0.3) is 6.08 Å². The fourth-order valence-electron chi connectivity index (χ4n) is 2.58. The zero-order valence-corrected chi connectivity index (χ0v) is 16.7. The molecule has 1 fully saturated rings.